The van der Waals surface area contributed by atoms with Crippen molar-refractivity contribution in [3.63, 3.8) is 0 Å². The fourth-order valence-corrected chi connectivity index (χ4v) is 3.12. The Hall–Kier alpha value is -2.99. The Labute approximate surface area is 168 Å². The highest BCUT2D eigenvalue weighted by molar-refractivity contribution is 6.30. The van der Waals surface area contributed by atoms with Crippen LogP contribution in [0.1, 0.15) is 44.9 Å². The number of ketones is 1. The van der Waals surface area contributed by atoms with Crippen molar-refractivity contribution in [2.75, 3.05) is 0 Å². The number of aryl methyl sites for hydroxylation is 2. The molecule has 2 heterocycles. The fraction of sp³-hybridized carbons (Fsp3) is 0.238. The number of carbonyl (C=O) groups is 2. The predicted octanol–water partition coefficient (Wildman–Crippen LogP) is 4.27. The van der Waals surface area contributed by atoms with Crippen molar-refractivity contribution in [1.82, 2.24) is 14.5 Å². The smallest absolute Gasteiger partial charge is 0.359 e. The number of hydrogen-bond donors (Lipinski definition) is 0. The number of esters is 1. The lowest BCUT2D eigenvalue weighted by Crippen LogP contribution is -2.25. The highest BCUT2D eigenvalue weighted by Gasteiger charge is 2.25. The van der Waals surface area contributed by atoms with Gasteiger partial charge in [0.1, 0.15) is 0 Å². The summed E-state index contributed by atoms with van der Waals surface area (Å²) in [7, 11) is 0. The van der Waals surface area contributed by atoms with Gasteiger partial charge in [0.25, 0.3) is 0 Å². The van der Waals surface area contributed by atoms with Gasteiger partial charge < -0.3 is 9.30 Å². The minimum absolute atomic E-state index is 0.0666. The molecule has 0 aliphatic carbocycles. The summed E-state index contributed by atoms with van der Waals surface area (Å²) in [6, 6.07) is 9.16. The number of rotatable bonds is 5. The van der Waals surface area contributed by atoms with Crippen LogP contribution in [0.15, 0.2) is 42.7 Å². The van der Waals surface area contributed by atoms with Gasteiger partial charge in [0.05, 0.1) is 11.9 Å². The number of halogens is 1. The van der Waals surface area contributed by atoms with E-state index in [1.54, 1.807) is 32.0 Å². The van der Waals surface area contributed by atoms with Crippen LogP contribution in [0.5, 0.6) is 0 Å². The predicted molar refractivity (Wildman–Crippen MR) is 106 cm³/mol. The van der Waals surface area contributed by atoms with Crippen molar-refractivity contribution < 1.29 is 14.3 Å². The van der Waals surface area contributed by atoms with Crippen molar-refractivity contribution in [3.8, 4) is 5.69 Å². The second kappa shape index (κ2) is 7.94. The van der Waals surface area contributed by atoms with E-state index in [0.717, 1.165) is 17.1 Å². The van der Waals surface area contributed by atoms with Crippen LogP contribution in [0.2, 0.25) is 5.02 Å². The van der Waals surface area contributed by atoms with Crippen LogP contribution in [0.4, 0.5) is 0 Å². The average Bonchev–Trinajstić information content (AvgIpc) is 2.96. The number of Topliss-reactive ketones (excluding diaryl/α,β-unsaturated/α-hetero) is 1. The Morgan fingerprint density at radius 2 is 1.75 bits per heavy atom. The molecule has 28 heavy (non-hydrogen) atoms. The zero-order valence-corrected chi connectivity index (χ0v) is 16.8. The highest BCUT2D eigenvalue weighted by Crippen LogP contribution is 2.23. The lowest BCUT2D eigenvalue weighted by Gasteiger charge is -2.13. The molecule has 0 N–H and O–H groups in total. The van der Waals surface area contributed by atoms with E-state index in [2.05, 4.69) is 9.97 Å². The molecule has 0 saturated carbocycles. The van der Waals surface area contributed by atoms with Crippen LogP contribution in [0.3, 0.4) is 0 Å². The first-order valence-corrected chi connectivity index (χ1v) is 9.14. The lowest BCUT2D eigenvalue weighted by molar-refractivity contribution is 0.0312. The van der Waals surface area contributed by atoms with Crippen LogP contribution in [0, 0.1) is 20.8 Å². The minimum Gasteiger partial charge on any atom is -0.449 e. The van der Waals surface area contributed by atoms with E-state index < -0.39 is 12.1 Å². The largest absolute Gasteiger partial charge is 0.449 e. The molecule has 0 fully saturated rings. The Morgan fingerprint density at radius 3 is 2.36 bits per heavy atom. The van der Waals surface area contributed by atoms with Gasteiger partial charge in [-0.3, -0.25) is 9.78 Å². The molecule has 0 spiro atoms. The van der Waals surface area contributed by atoms with Gasteiger partial charge in [-0.15, -0.1) is 0 Å². The Bertz CT molecular complexity index is 1020. The van der Waals surface area contributed by atoms with Crippen LogP contribution in [-0.2, 0) is 4.74 Å². The second-order valence-corrected chi connectivity index (χ2v) is 6.99. The summed E-state index contributed by atoms with van der Waals surface area (Å²) in [5.74, 6) is -0.957. The number of nitrogens with zero attached hydrogens (tertiary/aromatic N) is 3. The molecule has 3 aromatic rings. The summed E-state index contributed by atoms with van der Waals surface area (Å²) >= 11 is 5.96. The third kappa shape index (κ3) is 3.97. The minimum atomic E-state index is -0.949. The molecular weight excluding hydrogens is 378 g/mol. The molecule has 2 aromatic heterocycles. The van der Waals surface area contributed by atoms with Gasteiger partial charge in [-0.2, -0.15) is 0 Å². The molecule has 0 aliphatic heterocycles. The van der Waals surface area contributed by atoms with E-state index in [9.17, 15) is 9.59 Å². The maximum Gasteiger partial charge on any atom is 0.359 e. The molecule has 0 bridgehead atoms. The summed E-state index contributed by atoms with van der Waals surface area (Å²) in [6.45, 7) is 7.09. The highest BCUT2D eigenvalue weighted by atomic mass is 35.5. The number of ether oxygens (including phenoxy) is 1. The first-order valence-electron chi connectivity index (χ1n) is 8.76. The van der Waals surface area contributed by atoms with Gasteiger partial charge in [0.15, 0.2) is 11.8 Å². The summed E-state index contributed by atoms with van der Waals surface area (Å²) in [4.78, 5) is 33.1. The third-order valence-electron chi connectivity index (χ3n) is 4.42. The molecule has 0 amide bonds. The van der Waals surface area contributed by atoms with Crippen LogP contribution < -0.4 is 0 Å². The molecule has 7 heteroatoms. The fourth-order valence-electron chi connectivity index (χ4n) is 2.99. The van der Waals surface area contributed by atoms with Gasteiger partial charge in [-0.25, -0.2) is 9.78 Å². The normalized spacial score (nSPS) is 11.9. The molecule has 0 saturated heterocycles. The van der Waals surface area contributed by atoms with Crippen LogP contribution in [-0.4, -0.2) is 32.4 Å². The average molecular weight is 398 g/mol. The molecule has 0 radical (unpaired) electrons. The third-order valence-corrected chi connectivity index (χ3v) is 4.68. The zero-order valence-electron chi connectivity index (χ0n) is 16.1. The van der Waals surface area contributed by atoms with Gasteiger partial charge in [-0.1, -0.05) is 11.6 Å². The van der Waals surface area contributed by atoms with E-state index in [-0.39, 0.29) is 11.5 Å². The van der Waals surface area contributed by atoms with E-state index in [1.165, 1.54) is 12.4 Å². The van der Waals surface area contributed by atoms with Crippen molar-refractivity contribution in [2.24, 2.45) is 0 Å². The van der Waals surface area contributed by atoms with Gasteiger partial charge >= 0.3 is 5.97 Å². The first kappa shape index (κ1) is 19.8. The van der Waals surface area contributed by atoms with E-state index in [1.807, 2.05) is 30.5 Å². The van der Waals surface area contributed by atoms with Crippen molar-refractivity contribution in [3.05, 3.63) is 76.1 Å². The van der Waals surface area contributed by atoms with Crippen molar-refractivity contribution in [1.29, 1.82) is 0 Å². The monoisotopic (exact) mass is 397 g/mol. The Morgan fingerprint density at radius 1 is 1.07 bits per heavy atom. The van der Waals surface area contributed by atoms with Crippen LogP contribution in [0.25, 0.3) is 5.69 Å². The van der Waals surface area contributed by atoms with Gasteiger partial charge in [-0.05, 0) is 58.0 Å². The molecule has 0 unspecified atom stereocenters. The molecule has 6 nitrogen and oxygen atoms in total. The molecule has 1 atom stereocenters. The number of carbonyl (C=O) groups excluding carboxylic acids is 2. The standard InChI is InChI=1S/C21H20ClN3O3/c1-12-10-24-19(11-23-12)21(27)28-15(4)20(26)18-9-13(2)25(14(18)3)17-7-5-16(22)6-8-17/h5-11,15H,1-4H3/t15-/m0/s1. The van der Waals surface area contributed by atoms with E-state index in [4.69, 9.17) is 16.3 Å². The summed E-state index contributed by atoms with van der Waals surface area (Å²) < 4.78 is 7.26. The maximum atomic E-state index is 12.9. The van der Waals surface area contributed by atoms with E-state index >= 15 is 0 Å². The maximum absolute atomic E-state index is 12.9. The Kier molecular flexibility index (Phi) is 5.61. The summed E-state index contributed by atoms with van der Waals surface area (Å²) in [5, 5.41) is 0.641. The van der Waals surface area contributed by atoms with Crippen molar-refractivity contribution in [2.45, 2.75) is 33.8 Å². The summed E-state index contributed by atoms with van der Waals surface area (Å²) in [5.41, 5.74) is 3.82. The number of benzene rings is 1. The topological polar surface area (TPSA) is 74.1 Å². The molecule has 3 rings (SSSR count). The molecule has 144 valence electrons. The zero-order chi connectivity index (χ0) is 20.4. The van der Waals surface area contributed by atoms with Crippen LogP contribution >= 0.6 is 11.6 Å². The quantitative estimate of drug-likeness (QED) is 0.474. The molecular formula is C21H20ClN3O3. The number of hydrogen-bond acceptors (Lipinski definition) is 5. The van der Waals surface area contributed by atoms with Gasteiger partial charge in [0.2, 0.25) is 5.78 Å². The number of aromatic nitrogens is 3. The SMILES string of the molecule is Cc1cnc(C(=O)O[C@@H](C)C(=O)c2cc(C)n(-c3ccc(Cl)cc3)c2C)cn1. The molecule has 1 aromatic carbocycles. The lowest BCUT2D eigenvalue weighted by atomic mass is 10.1. The second-order valence-electron chi connectivity index (χ2n) is 6.55. The van der Waals surface area contributed by atoms with Crippen molar-refractivity contribution >= 4 is 23.4 Å². The first-order chi connectivity index (χ1) is 13.3. The Balaban J connectivity index is 1.82. The van der Waals surface area contributed by atoms with Gasteiger partial charge in [0, 0.05) is 33.9 Å². The molecule has 0 aliphatic rings. The van der Waals surface area contributed by atoms with E-state index in [0.29, 0.717) is 16.3 Å². The summed E-state index contributed by atoms with van der Waals surface area (Å²) in [6.07, 6.45) is 1.86.